The van der Waals surface area contributed by atoms with Crippen molar-refractivity contribution in [2.75, 3.05) is 19.0 Å². The zero-order chi connectivity index (χ0) is 19.8. The van der Waals surface area contributed by atoms with Crippen LogP contribution in [0.2, 0.25) is 0 Å². The maximum Gasteiger partial charge on any atom is 0.339 e. The van der Waals surface area contributed by atoms with Gasteiger partial charge in [0.1, 0.15) is 0 Å². The van der Waals surface area contributed by atoms with Gasteiger partial charge in [-0.05, 0) is 50.2 Å². The molecule has 140 valence electrons. The predicted octanol–water partition coefficient (Wildman–Crippen LogP) is 3.15. The third-order valence-corrected chi connectivity index (χ3v) is 3.61. The third kappa shape index (κ3) is 5.22. The number of nitriles is 1. The van der Waals surface area contributed by atoms with Gasteiger partial charge in [-0.1, -0.05) is 6.07 Å². The highest BCUT2D eigenvalue weighted by Gasteiger charge is 2.20. The number of rotatable bonds is 7. The smallest absolute Gasteiger partial charge is 0.339 e. The van der Waals surface area contributed by atoms with Crippen molar-refractivity contribution >= 4 is 17.6 Å². The van der Waals surface area contributed by atoms with Crippen LogP contribution in [-0.2, 0) is 9.53 Å². The zero-order valence-electron chi connectivity index (χ0n) is 15.3. The van der Waals surface area contributed by atoms with E-state index in [2.05, 4.69) is 5.32 Å². The molecule has 0 aromatic heterocycles. The third-order valence-electron chi connectivity index (χ3n) is 3.61. The Hall–Kier alpha value is -3.53. The molecule has 0 saturated heterocycles. The molecule has 27 heavy (non-hydrogen) atoms. The van der Waals surface area contributed by atoms with Gasteiger partial charge in [0.25, 0.3) is 5.91 Å². The van der Waals surface area contributed by atoms with E-state index in [0.717, 1.165) is 0 Å². The number of carbonyl (C=O) groups is 2. The Morgan fingerprint density at radius 1 is 1.19 bits per heavy atom. The molecule has 0 aliphatic heterocycles. The standard InChI is InChI=1S/C20H20N2O5/c1-4-26-17-9-8-15(11-18(17)25-3)20(24)27-13(2)19(23)22-16-7-5-6-14(10-16)12-21/h5-11,13H,4H2,1-3H3,(H,22,23). The Kier molecular flexibility index (Phi) is 6.78. The maximum absolute atomic E-state index is 12.3. The van der Waals surface area contributed by atoms with Crippen LogP contribution in [0.5, 0.6) is 11.5 Å². The van der Waals surface area contributed by atoms with Crippen molar-refractivity contribution in [1.29, 1.82) is 5.26 Å². The van der Waals surface area contributed by atoms with Gasteiger partial charge in [-0.15, -0.1) is 0 Å². The van der Waals surface area contributed by atoms with E-state index >= 15 is 0 Å². The van der Waals surface area contributed by atoms with Crippen LogP contribution >= 0.6 is 0 Å². The lowest BCUT2D eigenvalue weighted by Gasteiger charge is -2.15. The minimum Gasteiger partial charge on any atom is -0.493 e. The van der Waals surface area contributed by atoms with Crippen LogP contribution in [0.3, 0.4) is 0 Å². The molecule has 0 bridgehead atoms. The summed E-state index contributed by atoms with van der Waals surface area (Å²) in [6, 6.07) is 13.1. The fourth-order valence-electron chi connectivity index (χ4n) is 2.26. The monoisotopic (exact) mass is 368 g/mol. The van der Waals surface area contributed by atoms with Gasteiger partial charge in [-0.2, -0.15) is 5.26 Å². The lowest BCUT2D eigenvalue weighted by molar-refractivity contribution is -0.123. The number of hydrogen-bond acceptors (Lipinski definition) is 6. The molecule has 0 spiro atoms. The first-order valence-electron chi connectivity index (χ1n) is 8.31. The number of amides is 1. The first-order chi connectivity index (χ1) is 13.0. The lowest BCUT2D eigenvalue weighted by Crippen LogP contribution is -2.30. The molecule has 1 atom stereocenters. The van der Waals surface area contributed by atoms with Gasteiger partial charge in [0, 0.05) is 5.69 Å². The van der Waals surface area contributed by atoms with Gasteiger partial charge < -0.3 is 19.5 Å². The highest BCUT2D eigenvalue weighted by molar-refractivity contribution is 5.97. The van der Waals surface area contributed by atoms with E-state index in [0.29, 0.717) is 29.4 Å². The Balaban J connectivity index is 2.04. The molecule has 0 aliphatic rings. The summed E-state index contributed by atoms with van der Waals surface area (Å²) in [6.07, 6.45) is -1.03. The maximum atomic E-state index is 12.3. The number of nitrogens with one attached hydrogen (secondary N) is 1. The summed E-state index contributed by atoms with van der Waals surface area (Å²) in [5.74, 6) is -0.252. The second-order valence-corrected chi connectivity index (χ2v) is 5.53. The molecule has 2 aromatic carbocycles. The van der Waals surface area contributed by atoms with E-state index < -0.39 is 18.0 Å². The number of nitrogens with zero attached hydrogens (tertiary/aromatic N) is 1. The van der Waals surface area contributed by atoms with Crippen LogP contribution in [0, 0.1) is 11.3 Å². The van der Waals surface area contributed by atoms with Crippen LogP contribution in [0.4, 0.5) is 5.69 Å². The number of carbonyl (C=O) groups excluding carboxylic acids is 2. The Morgan fingerprint density at radius 2 is 1.96 bits per heavy atom. The van der Waals surface area contributed by atoms with E-state index in [-0.39, 0.29) is 5.56 Å². The van der Waals surface area contributed by atoms with E-state index in [1.54, 1.807) is 24.3 Å². The largest absolute Gasteiger partial charge is 0.493 e. The Morgan fingerprint density at radius 3 is 2.63 bits per heavy atom. The number of methoxy groups -OCH3 is 1. The fraction of sp³-hybridized carbons (Fsp3) is 0.250. The van der Waals surface area contributed by atoms with Crippen molar-refractivity contribution < 1.29 is 23.8 Å². The molecule has 7 heteroatoms. The summed E-state index contributed by atoms with van der Waals surface area (Å²) < 4.78 is 15.8. The topological polar surface area (TPSA) is 97.6 Å². The van der Waals surface area contributed by atoms with Crippen molar-refractivity contribution in [3.05, 3.63) is 53.6 Å². The summed E-state index contributed by atoms with van der Waals surface area (Å²) in [6.45, 7) is 3.77. The molecule has 0 aliphatic carbocycles. The minimum absolute atomic E-state index is 0.237. The summed E-state index contributed by atoms with van der Waals surface area (Å²) in [5, 5.41) is 11.5. The summed E-state index contributed by atoms with van der Waals surface area (Å²) in [7, 11) is 1.47. The van der Waals surface area contributed by atoms with Crippen LogP contribution in [0.1, 0.15) is 29.8 Å². The summed E-state index contributed by atoms with van der Waals surface area (Å²) in [5.41, 5.74) is 1.10. The number of benzene rings is 2. The van der Waals surface area contributed by atoms with Crippen molar-refractivity contribution in [1.82, 2.24) is 0 Å². The molecule has 2 aromatic rings. The molecule has 0 saturated carbocycles. The van der Waals surface area contributed by atoms with Crippen molar-refractivity contribution in [2.24, 2.45) is 0 Å². The molecule has 0 fully saturated rings. The molecule has 1 amide bonds. The van der Waals surface area contributed by atoms with E-state index in [1.807, 2.05) is 13.0 Å². The van der Waals surface area contributed by atoms with Crippen LogP contribution in [0.15, 0.2) is 42.5 Å². The van der Waals surface area contributed by atoms with Gasteiger partial charge in [-0.25, -0.2) is 4.79 Å². The quantitative estimate of drug-likeness (QED) is 0.754. The highest BCUT2D eigenvalue weighted by atomic mass is 16.5. The van der Waals surface area contributed by atoms with E-state index in [9.17, 15) is 9.59 Å². The second kappa shape index (κ2) is 9.25. The lowest BCUT2D eigenvalue weighted by atomic mass is 10.2. The molecular formula is C20H20N2O5. The van der Waals surface area contributed by atoms with Crippen LogP contribution in [-0.4, -0.2) is 31.7 Å². The Labute approximate surface area is 157 Å². The van der Waals surface area contributed by atoms with Crippen molar-refractivity contribution in [3.8, 4) is 17.6 Å². The molecule has 1 unspecified atom stereocenters. The van der Waals surface area contributed by atoms with E-state index in [4.69, 9.17) is 19.5 Å². The van der Waals surface area contributed by atoms with Gasteiger partial charge in [0.05, 0.1) is 30.9 Å². The highest BCUT2D eigenvalue weighted by Crippen LogP contribution is 2.28. The minimum atomic E-state index is -1.03. The first-order valence-corrected chi connectivity index (χ1v) is 8.31. The number of esters is 1. The molecule has 2 rings (SSSR count). The van der Waals surface area contributed by atoms with Gasteiger partial charge in [-0.3, -0.25) is 4.79 Å². The summed E-state index contributed by atoms with van der Waals surface area (Å²) in [4.78, 5) is 24.5. The van der Waals surface area contributed by atoms with E-state index in [1.165, 1.54) is 32.2 Å². The van der Waals surface area contributed by atoms with Crippen LogP contribution in [0.25, 0.3) is 0 Å². The fourth-order valence-corrected chi connectivity index (χ4v) is 2.26. The molecule has 7 nitrogen and oxygen atoms in total. The van der Waals surface area contributed by atoms with Gasteiger partial charge >= 0.3 is 5.97 Å². The van der Waals surface area contributed by atoms with Gasteiger partial charge in [0.15, 0.2) is 17.6 Å². The number of ether oxygens (including phenoxy) is 3. The zero-order valence-corrected chi connectivity index (χ0v) is 15.3. The number of anilines is 1. The average Bonchev–Trinajstić information content (AvgIpc) is 2.68. The van der Waals surface area contributed by atoms with Crippen molar-refractivity contribution in [3.63, 3.8) is 0 Å². The van der Waals surface area contributed by atoms with Crippen molar-refractivity contribution in [2.45, 2.75) is 20.0 Å². The molecule has 0 heterocycles. The van der Waals surface area contributed by atoms with Crippen LogP contribution < -0.4 is 14.8 Å². The second-order valence-electron chi connectivity index (χ2n) is 5.53. The number of hydrogen-bond donors (Lipinski definition) is 1. The van der Waals surface area contributed by atoms with Gasteiger partial charge in [0.2, 0.25) is 0 Å². The summed E-state index contributed by atoms with van der Waals surface area (Å²) >= 11 is 0. The first kappa shape index (κ1) is 19.8. The molecule has 0 radical (unpaired) electrons. The Bertz CT molecular complexity index is 873. The molecule has 1 N–H and O–H groups in total. The average molecular weight is 368 g/mol. The predicted molar refractivity (Wildman–Crippen MR) is 98.8 cm³/mol. The molecular weight excluding hydrogens is 348 g/mol. The normalized spacial score (nSPS) is 11.0. The SMILES string of the molecule is CCOc1ccc(C(=O)OC(C)C(=O)Nc2cccc(C#N)c2)cc1OC.